The van der Waals surface area contributed by atoms with E-state index >= 15 is 0 Å². The number of amides is 1. The number of fused-ring (bicyclic) bond motifs is 1. The molecular formula is C27H23ClFNO4. The van der Waals surface area contributed by atoms with Crippen molar-refractivity contribution < 1.29 is 23.1 Å². The fourth-order valence-electron chi connectivity index (χ4n) is 3.74. The first-order valence-electron chi connectivity index (χ1n) is 10.7. The van der Waals surface area contributed by atoms with E-state index in [9.17, 15) is 9.18 Å². The molecule has 7 heteroatoms. The van der Waals surface area contributed by atoms with Crippen molar-refractivity contribution >= 4 is 39.7 Å². The summed E-state index contributed by atoms with van der Waals surface area (Å²) < 4.78 is 30.6. The van der Waals surface area contributed by atoms with Gasteiger partial charge in [0.2, 0.25) is 5.91 Å². The van der Waals surface area contributed by atoms with Crippen molar-refractivity contribution in [3.63, 3.8) is 0 Å². The Balaban J connectivity index is 1.74. The second-order valence-corrected chi connectivity index (χ2v) is 7.98. The number of halogens is 2. The molecule has 4 rings (SSSR count). The van der Waals surface area contributed by atoms with E-state index in [1.807, 2.05) is 50.2 Å². The lowest BCUT2D eigenvalue weighted by Gasteiger charge is -2.12. The lowest BCUT2D eigenvalue weighted by atomic mass is 9.98. The molecule has 0 spiro atoms. The first-order valence-corrected chi connectivity index (χ1v) is 11.0. The van der Waals surface area contributed by atoms with Gasteiger partial charge in [0.05, 0.1) is 25.0 Å². The number of nitrogens with one attached hydrogen (secondary N) is 1. The van der Waals surface area contributed by atoms with Crippen LogP contribution in [0.15, 0.2) is 71.4 Å². The lowest BCUT2D eigenvalue weighted by molar-refractivity contribution is -0.111. The molecule has 0 saturated heterocycles. The van der Waals surface area contributed by atoms with Gasteiger partial charge in [0.25, 0.3) is 0 Å². The van der Waals surface area contributed by atoms with Gasteiger partial charge in [0.1, 0.15) is 22.9 Å². The third kappa shape index (κ3) is 4.77. The van der Waals surface area contributed by atoms with E-state index in [0.29, 0.717) is 29.2 Å². The third-order valence-corrected chi connectivity index (χ3v) is 5.62. The van der Waals surface area contributed by atoms with E-state index in [4.69, 9.17) is 25.5 Å². The molecule has 0 radical (unpaired) electrons. The van der Waals surface area contributed by atoms with Gasteiger partial charge in [-0.3, -0.25) is 4.79 Å². The van der Waals surface area contributed by atoms with Crippen LogP contribution < -0.4 is 14.8 Å². The number of carbonyl (C=O) groups is 1. The molecule has 0 aliphatic rings. The monoisotopic (exact) mass is 479 g/mol. The molecule has 0 bridgehead atoms. The van der Waals surface area contributed by atoms with Crippen LogP contribution in [0.5, 0.6) is 11.5 Å². The van der Waals surface area contributed by atoms with Gasteiger partial charge in [-0.05, 0) is 49.8 Å². The molecule has 1 amide bonds. The molecule has 0 unspecified atom stereocenters. The predicted molar refractivity (Wildman–Crippen MR) is 133 cm³/mol. The van der Waals surface area contributed by atoms with Crippen molar-refractivity contribution in [3.05, 3.63) is 83.3 Å². The summed E-state index contributed by atoms with van der Waals surface area (Å²) in [4.78, 5) is 12.6. The summed E-state index contributed by atoms with van der Waals surface area (Å²) in [5, 5.41) is 3.50. The van der Waals surface area contributed by atoms with Crippen molar-refractivity contribution in [2.24, 2.45) is 0 Å². The van der Waals surface area contributed by atoms with Crippen LogP contribution in [-0.2, 0) is 4.79 Å². The zero-order valence-corrected chi connectivity index (χ0v) is 19.7. The highest BCUT2D eigenvalue weighted by Crippen LogP contribution is 2.40. The Hall–Kier alpha value is -3.77. The van der Waals surface area contributed by atoms with Crippen molar-refractivity contribution in [1.82, 2.24) is 0 Å². The zero-order valence-electron chi connectivity index (χ0n) is 18.9. The second kappa shape index (κ2) is 10.0. The minimum atomic E-state index is -0.549. The standard InChI is InChI=1S/C27H23ClFNO4/c1-4-33-25-14-26-20(21(15-34-26)18-7-5-6-8-24(18)32-3)13-19(25)16(2)11-27(31)30-17-9-10-23(29)22(28)12-17/h5-15H,4H2,1-3H3,(H,30,31)/b16-11+. The second-order valence-electron chi connectivity index (χ2n) is 7.57. The van der Waals surface area contributed by atoms with Crippen molar-refractivity contribution in [1.29, 1.82) is 0 Å². The number of hydrogen-bond donors (Lipinski definition) is 1. The van der Waals surface area contributed by atoms with Crippen LogP contribution in [0.4, 0.5) is 10.1 Å². The van der Waals surface area contributed by atoms with Crippen LogP contribution in [0.1, 0.15) is 19.4 Å². The maximum Gasteiger partial charge on any atom is 0.248 e. The number of benzene rings is 3. The third-order valence-electron chi connectivity index (χ3n) is 5.33. The Morgan fingerprint density at radius 3 is 2.65 bits per heavy atom. The van der Waals surface area contributed by atoms with Crippen molar-refractivity contribution in [3.8, 4) is 22.6 Å². The maximum absolute atomic E-state index is 13.4. The van der Waals surface area contributed by atoms with Crippen molar-refractivity contribution in [2.75, 3.05) is 19.0 Å². The highest BCUT2D eigenvalue weighted by atomic mass is 35.5. The molecule has 1 heterocycles. The fourth-order valence-corrected chi connectivity index (χ4v) is 3.92. The van der Waals surface area contributed by atoms with Crippen LogP contribution >= 0.6 is 11.6 Å². The Labute approximate surface area is 201 Å². The molecule has 174 valence electrons. The van der Waals surface area contributed by atoms with Crippen LogP contribution in [0, 0.1) is 5.82 Å². The van der Waals surface area contributed by atoms with Gasteiger partial charge in [-0.15, -0.1) is 0 Å². The molecule has 4 aromatic rings. The van der Waals surface area contributed by atoms with Gasteiger partial charge in [0.15, 0.2) is 0 Å². The van der Waals surface area contributed by atoms with E-state index in [-0.39, 0.29) is 10.9 Å². The number of para-hydroxylation sites is 1. The van der Waals surface area contributed by atoms with Gasteiger partial charge >= 0.3 is 0 Å². The number of anilines is 1. The minimum absolute atomic E-state index is 0.0635. The van der Waals surface area contributed by atoms with E-state index in [2.05, 4.69) is 5.32 Å². The van der Waals surface area contributed by atoms with Gasteiger partial charge in [-0.25, -0.2) is 4.39 Å². The number of carbonyl (C=O) groups excluding carboxylic acids is 1. The number of rotatable bonds is 7. The molecular weight excluding hydrogens is 457 g/mol. The number of methoxy groups -OCH3 is 1. The van der Waals surface area contributed by atoms with E-state index < -0.39 is 5.82 Å². The quantitative estimate of drug-likeness (QED) is 0.282. The lowest BCUT2D eigenvalue weighted by Crippen LogP contribution is -2.09. The number of hydrogen-bond acceptors (Lipinski definition) is 4. The molecule has 0 aliphatic carbocycles. The zero-order chi connectivity index (χ0) is 24.2. The average Bonchev–Trinajstić information content (AvgIpc) is 3.23. The summed E-state index contributed by atoms with van der Waals surface area (Å²) in [5.74, 6) is 0.402. The summed E-state index contributed by atoms with van der Waals surface area (Å²) in [5.41, 5.74) is 4.25. The highest BCUT2D eigenvalue weighted by Gasteiger charge is 2.17. The molecule has 3 aromatic carbocycles. The van der Waals surface area contributed by atoms with Crippen LogP contribution in [0.3, 0.4) is 0 Å². The molecule has 5 nitrogen and oxygen atoms in total. The molecule has 1 aromatic heterocycles. The van der Waals surface area contributed by atoms with Gasteiger partial charge in [0, 0.05) is 39.9 Å². The summed E-state index contributed by atoms with van der Waals surface area (Å²) in [6, 6.07) is 15.5. The van der Waals surface area contributed by atoms with Gasteiger partial charge in [-0.2, -0.15) is 0 Å². The Morgan fingerprint density at radius 2 is 1.91 bits per heavy atom. The minimum Gasteiger partial charge on any atom is -0.496 e. The van der Waals surface area contributed by atoms with Crippen LogP contribution in [0.25, 0.3) is 27.7 Å². The number of furan rings is 1. The van der Waals surface area contributed by atoms with Gasteiger partial charge in [-0.1, -0.05) is 29.8 Å². The summed E-state index contributed by atoms with van der Waals surface area (Å²) in [7, 11) is 1.62. The predicted octanol–water partition coefficient (Wildman–Crippen LogP) is 7.34. The Morgan fingerprint density at radius 1 is 1.12 bits per heavy atom. The van der Waals surface area contributed by atoms with Crippen LogP contribution in [0.2, 0.25) is 5.02 Å². The Bertz CT molecular complexity index is 1390. The SMILES string of the molecule is CCOc1cc2occ(-c3ccccc3OC)c2cc1/C(C)=C/C(=O)Nc1ccc(F)c(Cl)c1. The topological polar surface area (TPSA) is 60.7 Å². The average molecular weight is 480 g/mol. The van der Waals surface area contributed by atoms with E-state index in [0.717, 1.165) is 27.8 Å². The maximum atomic E-state index is 13.4. The largest absolute Gasteiger partial charge is 0.496 e. The fraction of sp³-hybridized carbons (Fsp3) is 0.148. The van der Waals surface area contributed by atoms with E-state index in [1.165, 1.54) is 24.3 Å². The Kier molecular flexibility index (Phi) is 6.89. The molecule has 0 atom stereocenters. The smallest absolute Gasteiger partial charge is 0.248 e. The number of allylic oxidation sites excluding steroid dienone is 1. The van der Waals surface area contributed by atoms with Crippen LogP contribution in [-0.4, -0.2) is 19.6 Å². The summed E-state index contributed by atoms with van der Waals surface area (Å²) in [6.07, 6.45) is 3.15. The normalized spacial score (nSPS) is 11.5. The molecule has 0 fully saturated rings. The van der Waals surface area contributed by atoms with Gasteiger partial charge < -0.3 is 19.2 Å². The molecule has 1 N–H and O–H groups in total. The summed E-state index contributed by atoms with van der Waals surface area (Å²) >= 11 is 5.81. The summed E-state index contributed by atoms with van der Waals surface area (Å²) in [6.45, 7) is 4.16. The molecule has 0 saturated carbocycles. The first kappa shape index (κ1) is 23.4. The molecule has 0 aliphatic heterocycles. The highest BCUT2D eigenvalue weighted by molar-refractivity contribution is 6.31. The molecule has 34 heavy (non-hydrogen) atoms. The number of ether oxygens (including phenoxy) is 2. The first-order chi connectivity index (χ1) is 16.4. The van der Waals surface area contributed by atoms with E-state index in [1.54, 1.807) is 13.4 Å². The van der Waals surface area contributed by atoms with Crippen molar-refractivity contribution in [2.45, 2.75) is 13.8 Å².